The minimum atomic E-state index is -0.291. The third kappa shape index (κ3) is 6.51. The van der Waals surface area contributed by atoms with Crippen LogP contribution in [0.1, 0.15) is 12.5 Å². The number of carbonyl (C=O) groups excluding carboxylic acids is 1. The van der Waals surface area contributed by atoms with Crippen LogP contribution in [0.3, 0.4) is 0 Å². The van der Waals surface area contributed by atoms with E-state index in [1.165, 1.54) is 4.68 Å². The normalized spacial score (nSPS) is 10.9. The van der Waals surface area contributed by atoms with Crippen LogP contribution >= 0.6 is 35.0 Å². The molecular weight excluding hydrogens is 461 g/mol. The average molecular weight is 480 g/mol. The summed E-state index contributed by atoms with van der Waals surface area (Å²) in [5.41, 5.74) is 4.02. The number of rotatable bonds is 9. The molecule has 12 heteroatoms. The number of nitrogens with two attached hydrogens (primary N) is 1. The van der Waals surface area contributed by atoms with Crippen molar-refractivity contribution in [1.29, 1.82) is 0 Å². The first-order valence-electron chi connectivity index (χ1n) is 9.06. The molecule has 162 valence electrons. The van der Waals surface area contributed by atoms with Crippen molar-refractivity contribution in [3.8, 4) is 5.75 Å². The highest BCUT2D eigenvalue weighted by Crippen LogP contribution is 2.26. The Labute approximate surface area is 192 Å². The first kappa shape index (κ1) is 22.7. The highest BCUT2D eigenvalue weighted by Gasteiger charge is 2.13. The van der Waals surface area contributed by atoms with Gasteiger partial charge in [0, 0.05) is 5.02 Å². The van der Waals surface area contributed by atoms with Crippen molar-refractivity contribution in [3.05, 3.63) is 58.1 Å². The number of nitrogens with zero attached hydrogens (tertiary/aromatic N) is 4. The Bertz CT molecular complexity index is 1070. The molecule has 1 heterocycles. The molecule has 0 fully saturated rings. The van der Waals surface area contributed by atoms with Crippen molar-refractivity contribution < 1.29 is 9.53 Å². The first-order valence-corrected chi connectivity index (χ1v) is 10.8. The summed E-state index contributed by atoms with van der Waals surface area (Å²) in [6.07, 6.45) is 1.61. The Morgan fingerprint density at radius 1 is 1.26 bits per heavy atom. The van der Waals surface area contributed by atoms with Crippen LogP contribution in [-0.4, -0.2) is 39.4 Å². The zero-order chi connectivity index (χ0) is 22.2. The molecule has 0 atom stereocenters. The van der Waals surface area contributed by atoms with Gasteiger partial charge in [0.25, 0.3) is 5.95 Å². The fourth-order valence-corrected chi connectivity index (χ4v) is 3.34. The van der Waals surface area contributed by atoms with E-state index in [9.17, 15) is 4.79 Å². The standard InChI is InChI=1S/C19H19Cl2N7O2S/c1-2-30-14-6-3-12(4-7-14)10-23-25-18-26-27-19(28(18)22)31-11-17(29)24-16-9-13(20)5-8-15(16)21/h3-10H,2,11,22H2,1H3,(H,24,29)(H,25,26)/b23-10+. The van der Waals surface area contributed by atoms with Gasteiger partial charge >= 0.3 is 0 Å². The number of aromatic nitrogens is 3. The lowest BCUT2D eigenvalue weighted by molar-refractivity contribution is -0.113. The van der Waals surface area contributed by atoms with Gasteiger partial charge in [-0.15, -0.1) is 10.2 Å². The fourth-order valence-electron chi connectivity index (χ4n) is 2.34. The summed E-state index contributed by atoms with van der Waals surface area (Å²) in [6.45, 7) is 2.54. The molecule has 0 spiro atoms. The molecule has 9 nitrogen and oxygen atoms in total. The van der Waals surface area contributed by atoms with Crippen molar-refractivity contribution in [3.63, 3.8) is 0 Å². The van der Waals surface area contributed by atoms with Crippen molar-refractivity contribution in [1.82, 2.24) is 14.9 Å². The molecular formula is C19H19Cl2N7O2S. The van der Waals surface area contributed by atoms with Gasteiger partial charge in [0.2, 0.25) is 11.1 Å². The molecule has 4 N–H and O–H groups in total. The SMILES string of the molecule is CCOc1ccc(/C=N/Nc2nnc(SCC(=O)Nc3cc(Cl)ccc3Cl)n2N)cc1. The predicted octanol–water partition coefficient (Wildman–Crippen LogP) is 3.87. The number of benzene rings is 2. The third-order valence-electron chi connectivity index (χ3n) is 3.77. The number of halogens is 2. The second-order valence-corrected chi connectivity index (χ2v) is 7.80. The summed E-state index contributed by atoms with van der Waals surface area (Å²) < 4.78 is 6.60. The van der Waals surface area contributed by atoms with E-state index in [0.717, 1.165) is 23.1 Å². The second-order valence-electron chi connectivity index (χ2n) is 6.01. The summed E-state index contributed by atoms with van der Waals surface area (Å²) in [5.74, 6) is 6.74. The fraction of sp³-hybridized carbons (Fsp3) is 0.158. The van der Waals surface area contributed by atoms with E-state index < -0.39 is 0 Å². The summed E-state index contributed by atoms with van der Waals surface area (Å²) in [7, 11) is 0. The number of nitrogen functional groups attached to an aromatic ring is 1. The van der Waals surface area contributed by atoms with Crippen LogP contribution in [0.15, 0.2) is 52.7 Å². The molecule has 2 aromatic carbocycles. The average Bonchev–Trinajstić information content (AvgIpc) is 3.10. The molecule has 3 aromatic rings. The van der Waals surface area contributed by atoms with Crippen LogP contribution in [0.4, 0.5) is 11.6 Å². The quantitative estimate of drug-likeness (QED) is 0.184. The Morgan fingerprint density at radius 2 is 2.03 bits per heavy atom. The molecule has 31 heavy (non-hydrogen) atoms. The van der Waals surface area contributed by atoms with E-state index in [2.05, 4.69) is 26.0 Å². The van der Waals surface area contributed by atoms with Gasteiger partial charge < -0.3 is 15.9 Å². The van der Waals surface area contributed by atoms with E-state index in [0.29, 0.717) is 27.5 Å². The molecule has 0 aliphatic heterocycles. The lowest BCUT2D eigenvalue weighted by atomic mass is 10.2. The van der Waals surface area contributed by atoms with Crippen molar-refractivity contribution in [2.75, 3.05) is 28.9 Å². The summed E-state index contributed by atoms with van der Waals surface area (Å²) in [6, 6.07) is 12.3. The summed E-state index contributed by atoms with van der Waals surface area (Å²) in [5, 5.41) is 15.9. The number of hydrogen-bond donors (Lipinski definition) is 3. The number of nitrogens with one attached hydrogen (secondary N) is 2. The minimum Gasteiger partial charge on any atom is -0.494 e. The van der Waals surface area contributed by atoms with Crippen LogP contribution in [0.25, 0.3) is 0 Å². The Hall–Kier alpha value is -2.95. The molecule has 1 amide bonds. The zero-order valence-electron chi connectivity index (χ0n) is 16.4. The molecule has 0 saturated carbocycles. The summed E-state index contributed by atoms with van der Waals surface area (Å²) in [4.78, 5) is 12.2. The number of hydrogen-bond acceptors (Lipinski definition) is 8. The van der Waals surface area contributed by atoms with Gasteiger partial charge in [-0.05, 0) is 55.0 Å². The van der Waals surface area contributed by atoms with Gasteiger partial charge in [0.15, 0.2) is 0 Å². The molecule has 0 radical (unpaired) electrons. The van der Waals surface area contributed by atoms with Crippen LogP contribution in [0.5, 0.6) is 5.75 Å². The van der Waals surface area contributed by atoms with E-state index in [4.69, 9.17) is 33.8 Å². The van der Waals surface area contributed by atoms with Gasteiger partial charge in [0.1, 0.15) is 5.75 Å². The second kappa shape index (κ2) is 10.9. The van der Waals surface area contributed by atoms with Crippen LogP contribution in [-0.2, 0) is 4.79 Å². The predicted molar refractivity (Wildman–Crippen MR) is 125 cm³/mol. The maximum absolute atomic E-state index is 12.2. The third-order valence-corrected chi connectivity index (χ3v) is 5.28. The maximum Gasteiger partial charge on any atom is 0.264 e. The van der Waals surface area contributed by atoms with Crippen molar-refractivity contribution >= 4 is 58.7 Å². The van der Waals surface area contributed by atoms with Crippen molar-refractivity contribution in [2.24, 2.45) is 5.10 Å². The molecule has 0 aliphatic rings. The zero-order valence-corrected chi connectivity index (χ0v) is 18.7. The largest absolute Gasteiger partial charge is 0.494 e. The minimum absolute atomic E-state index is 0.0492. The number of carbonyl (C=O) groups is 1. The number of ether oxygens (including phenoxy) is 1. The molecule has 0 saturated heterocycles. The highest BCUT2D eigenvalue weighted by molar-refractivity contribution is 7.99. The van der Waals surface area contributed by atoms with E-state index in [1.807, 2.05) is 31.2 Å². The molecule has 3 rings (SSSR count). The lowest BCUT2D eigenvalue weighted by Gasteiger charge is -2.07. The smallest absolute Gasteiger partial charge is 0.264 e. The number of hydrazone groups is 1. The highest BCUT2D eigenvalue weighted by atomic mass is 35.5. The Kier molecular flexibility index (Phi) is 7.99. The van der Waals surface area contributed by atoms with Crippen molar-refractivity contribution in [2.45, 2.75) is 12.1 Å². The molecule has 0 unspecified atom stereocenters. The summed E-state index contributed by atoms with van der Waals surface area (Å²) >= 11 is 13.1. The molecule has 1 aromatic heterocycles. The number of anilines is 2. The van der Waals surface area contributed by atoms with Crippen LogP contribution in [0, 0.1) is 0 Å². The van der Waals surface area contributed by atoms with Crippen LogP contribution < -0.4 is 21.3 Å². The van der Waals surface area contributed by atoms with Gasteiger partial charge in [-0.3, -0.25) is 4.79 Å². The van der Waals surface area contributed by atoms with Gasteiger partial charge in [0.05, 0.1) is 29.3 Å². The van der Waals surface area contributed by atoms with Gasteiger partial charge in [-0.2, -0.15) is 5.10 Å². The number of amides is 1. The van der Waals surface area contributed by atoms with Gasteiger partial charge in [-0.25, -0.2) is 10.1 Å². The lowest BCUT2D eigenvalue weighted by Crippen LogP contribution is -2.17. The number of thioether (sulfide) groups is 1. The topological polar surface area (TPSA) is 119 Å². The maximum atomic E-state index is 12.2. The van der Waals surface area contributed by atoms with E-state index in [1.54, 1.807) is 24.4 Å². The first-order chi connectivity index (χ1) is 15.0. The molecule has 0 bridgehead atoms. The Morgan fingerprint density at radius 3 is 2.77 bits per heavy atom. The van der Waals surface area contributed by atoms with Gasteiger partial charge in [-0.1, -0.05) is 35.0 Å². The Balaban J connectivity index is 1.52. The van der Waals surface area contributed by atoms with Crippen LogP contribution in [0.2, 0.25) is 10.0 Å². The monoisotopic (exact) mass is 479 g/mol. The molecule has 0 aliphatic carbocycles. The van der Waals surface area contributed by atoms with E-state index >= 15 is 0 Å². The van der Waals surface area contributed by atoms with E-state index in [-0.39, 0.29) is 17.6 Å².